The van der Waals surface area contributed by atoms with Crippen molar-refractivity contribution >= 4 is 89.3 Å². The highest BCUT2D eigenvalue weighted by Gasteiger charge is 2.40. The summed E-state index contributed by atoms with van der Waals surface area (Å²) in [4.78, 5) is 136. The highest BCUT2D eigenvalue weighted by molar-refractivity contribution is 8.00. The van der Waals surface area contributed by atoms with Gasteiger partial charge in [0.15, 0.2) is 6.23 Å². The first-order chi connectivity index (χ1) is 27.3. The van der Waals surface area contributed by atoms with Crippen LogP contribution in [0.5, 0.6) is 0 Å². The van der Waals surface area contributed by atoms with E-state index in [2.05, 4.69) is 20.7 Å². The number of ether oxygens (including phenoxy) is 1. The molecule has 1 saturated heterocycles. The van der Waals surface area contributed by atoms with Gasteiger partial charge in [-0.2, -0.15) is 11.8 Å². The molecule has 0 radical (unpaired) electrons. The molecule has 0 spiro atoms. The van der Waals surface area contributed by atoms with Crippen LogP contribution in [0.1, 0.15) is 64.2 Å². The average Bonchev–Trinajstić information content (AvgIpc) is 3.42. The maximum absolute atomic E-state index is 13.3. The van der Waals surface area contributed by atoms with Gasteiger partial charge < -0.3 is 50.9 Å². The molecule has 0 bridgehead atoms. The van der Waals surface area contributed by atoms with Gasteiger partial charge in [0.2, 0.25) is 23.6 Å². The summed E-state index contributed by atoms with van der Waals surface area (Å²) in [5.41, 5.74) is 0. The third-order valence-corrected chi connectivity index (χ3v) is 10.9. The van der Waals surface area contributed by atoms with Crippen LogP contribution >= 0.6 is 23.5 Å². The van der Waals surface area contributed by atoms with Gasteiger partial charge in [0, 0.05) is 57.8 Å². The molecule has 6 atom stereocenters. The first kappa shape index (κ1) is 51.0. The number of carboxylic acid groups (broad SMARTS) is 4. The van der Waals surface area contributed by atoms with Gasteiger partial charge in [-0.05, 0) is 32.6 Å². The highest BCUT2D eigenvalue weighted by Crippen LogP contribution is 2.26. The Hall–Kier alpha value is -4.97. The molecule has 0 saturated carbocycles. The summed E-state index contributed by atoms with van der Waals surface area (Å²) in [5, 5.41) is 43.5. The second kappa shape index (κ2) is 26.1. The van der Waals surface area contributed by atoms with E-state index in [0.29, 0.717) is 19.3 Å². The van der Waals surface area contributed by atoms with Crippen LogP contribution in [0.25, 0.3) is 0 Å². The van der Waals surface area contributed by atoms with Crippen molar-refractivity contribution in [2.75, 3.05) is 45.4 Å². The summed E-state index contributed by atoms with van der Waals surface area (Å²) in [5.74, 6) is -8.36. The van der Waals surface area contributed by atoms with Gasteiger partial charge in [-0.25, -0.2) is 14.4 Å². The quantitative estimate of drug-likeness (QED) is 0.0198. The van der Waals surface area contributed by atoms with Gasteiger partial charge in [0.1, 0.15) is 23.9 Å². The molecule has 1 heterocycles. The molecule has 1 aliphatic heterocycles. The zero-order chi connectivity index (χ0) is 44.1. The second-order valence-electron chi connectivity index (χ2n) is 13.1. The number of carbonyl (C=O) groups excluding carboxylic acids is 7. The molecule has 24 heteroatoms. The fraction of sp³-hybridized carbons (Fsp3) is 0.676. The smallest absolute Gasteiger partial charge is 0.327 e. The number of hydrogen-bond acceptors (Lipinski definition) is 15. The number of imide groups is 1. The molecule has 7 N–H and O–H groups in total. The number of likely N-dealkylation sites (tertiary alicyclic amines) is 1. The Morgan fingerprint density at radius 1 is 0.828 bits per heavy atom. The lowest BCUT2D eigenvalue weighted by molar-refractivity contribution is -0.154. The number of likely N-dealkylation sites (N-methyl/N-ethyl adjacent to an activating group) is 3. The summed E-state index contributed by atoms with van der Waals surface area (Å²) in [6, 6.07) is -6.32. The van der Waals surface area contributed by atoms with E-state index in [1.54, 1.807) is 6.26 Å². The number of urea groups is 1. The normalized spacial score (nSPS) is 16.3. The maximum atomic E-state index is 13.3. The molecule has 1 fully saturated rings. The number of thioether (sulfide) groups is 2. The molecule has 0 aromatic heterocycles. The summed E-state index contributed by atoms with van der Waals surface area (Å²) in [6.07, 6.45) is -0.0659. The predicted molar refractivity (Wildman–Crippen MR) is 205 cm³/mol. The summed E-state index contributed by atoms with van der Waals surface area (Å²) < 4.78 is 4.60. The fourth-order valence-corrected chi connectivity index (χ4v) is 7.55. The number of unbranched alkanes of at least 4 members (excludes halogenated alkanes) is 2. The Kier molecular flexibility index (Phi) is 23.0. The van der Waals surface area contributed by atoms with Gasteiger partial charge in [0.05, 0.1) is 24.1 Å². The molecule has 1 rings (SSSR count). The van der Waals surface area contributed by atoms with Gasteiger partial charge in [-0.3, -0.25) is 43.3 Å². The monoisotopic (exact) mass is 864 g/mol. The van der Waals surface area contributed by atoms with Crippen LogP contribution in [-0.4, -0.2) is 182 Å². The Morgan fingerprint density at radius 2 is 1.48 bits per heavy atom. The van der Waals surface area contributed by atoms with Crippen LogP contribution in [0.4, 0.5) is 4.79 Å². The summed E-state index contributed by atoms with van der Waals surface area (Å²) in [6.45, 7) is 0.0465. The number of ketones is 1. The Bertz CT molecular complexity index is 1520. The average molecular weight is 865 g/mol. The SMILES string of the molecule is CN[C@@H](CCC(=O)CCCCCN1C(=O)CC(SC[C@H](NC(=O)N[C@@H](CCC(=O)O)OC=O)C(=O)O)C1=O)C(=O)N(C)C(CC(=O)O)C(=O)N(C)C(CSC)C(=O)O. The van der Waals surface area contributed by atoms with Crippen LogP contribution in [0.3, 0.4) is 0 Å². The molecule has 0 aromatic carbocycles. The first-order valence-electron chi connectivity index (χ1n) is 18.0. The van der Waals surface area contributed by atoms with Crippen molar-refractivity contribution in [3.8, 4) is 0 Å². The zero-order valence-corrected chi connectivity index (χ0v) is 34.2. The summed E-state index contributed by atoms with van der Waals surface area (Å²) >= 11 is 2.02. The van der Waals surface area contributed by atoms with Gasteiger partial charge in [-0.15, -0.1) is 11.8 Å². The van der Waals surface area contributed by atoms with Crippen molar-refractivity contribution in [2.45, 2.75) is 99.9 Å². The largest absolute Gasteiger partial charge is 0.481 e. The molecular weight excluding hydrogens is 813 g/mol. The van der Waals surface area contributed by atoms with Crippen molar-refractivity contribution in [3.05, 3.63) is 0 Å². The van der Waals surface area contributed by atoms with Gasteiger partial charge in [0.25, 0.3) is 6.47 Å². The number of nitrogens with one attached hydrogen (secondary N) is 3. The molecular formula is C34H52N6O16S2. The van der Waals surface area contributed by atoms with Crippen LogP contribution in [-0.2, 0) is 52.7 Å². The number of rotatable bonds is 30. The zero-order valence-electron chi connectivity index (χ0n) is 32.6. The van der Waals surface area contributed by atoms with Crippen LogP contribution in [0.15, 0.2) is 0 Å². The molecule has 326 valence electrons. The van der Waals surface area contributed by atoms with E-state index in [1.807, 2.05) is 0 Å². The van der Waals surface area contributed by atoms with Crippen LogP contribution < -0.4 is 16.0 Å². The van der Waals surface area contributed by atoms with E-state index in [0.717, 1.165) is 26.5 Å². The third kappa shape index (κ3) is 17.3. The molecule has 0 aromatic rings. The Morgan fingerprint density at radius 3 is 2.03 bits per heavy atom. The Labute approximate surface area is 342 Å². The molecule has 58 heavy (non-hydrogen) atoms. The minimum atomic E-state index is -1.52. The second-order valence-corrected chi connectivity index (χ2v) is 15.3. The lowest BCUT2D eigenvalue weighted by Gasteiger charge is -2.34. The molecule has 22 nitrogen and oxygen atoms in total. The van der Waals surface area contributed by atoms with E-state index in [9.17, 15) is 68.1 Å². The number of Topliss-reactive ketones (excluding diaryl/α,β-unsaturated/α-hetero) is 1. The van der Waals surface area contributed by atoms with E-state index in [-0.39, 0.29) is 62.4 Å². The van der Waals surface area contributed by atoms with Crippen molar-refractivity contribution in [2.24, 2.45) is 0 Å². The molecule has 0 aliphatic carbocycles. The fourth-order valence-electron chi connectivity index (χ4n) is 5.69. The highest BCUT2D eigenvalue weighted by atomic mass is 32.2. The van der Waals surface area contributed by atoms with Gasteiger partial charge in [-0.1, -0.05) is 6.42 Å². The summed E-state index contributed by atoms with van der Waals surface area (Å²) in [7, 11) is 3.92. The number of carbonyl (C=O) groups is 11. The Balaban J connectivity index is 2.63. The molecule has 6 amide bonds. The topological polar surface area (TPSA) is 324 Å². The number of carboxylic acids is 4. The van der Waals surface area contributed by atoms with Crippen molar-refractivity contribution in [3.63, 3.8) is 0 Å². The minimum absolute atomic E-state index is 0.00799. The maximum Gasteiger partial charge on any atom is 0.327 e. The van der Waals surface area contributed by atoms with E-state index >= 15 is 0 Å². The van der Waals surface area contributed by atoms with Crippen molar-refractivity contribution < 1.29 is 77.9 Å². The number of hydrogen-bond donors (Lipinski definition) is 7. The number of amides is 6. The number of nitrogens with zero attached hydrogens (tertiary/aromatic N) is 3. The van der Waals surface area contributed by atoms with E-state index < -0.39 is 102 Å². The molecule has 1 aliphatic rings. The predicted octanol–water partition coefficient (Wildman–Crippen LogP) is -0.963. The van der Waals surface area contributed by atoms with Crippen molar-refractivity contribution in [1.82, 2.24) is 30.7 Å². The molecule has 3 unspecified atom stereocenters. The number of aliphatic carboxylic acids is 4. The first-order valence-corrected chi connectivity index (χ1v) is 20.5. The lowest BCUT2D eigenvalue weighted by Crippen LogP contribution is -2.56. The minimum Gasteiger partial charge on any atom is -0.481 e. The van der Waals surface area contributed by atoms with Crippen LogP contribution in [0, 0.1) is 0 Å². The van der Waals surface area contributed by atoms with E-state index in [4.69, 9.17) is 5.11 Å². The third-order valence-electron chi connectivity index (χ3n) is 8.99. The lowest BCUT2D eigenvalue weighted by atomic mass is 10.0. The van der Waals surface area contributed by atoms with Crippen molar-refractivity contribution in [1.29, 1.82) is 0 Å². The standard InChI is InChI=1S/C34H52N6O16S2/c1-35-20(29(48)38(2)22(14-28(46)47)30(49)39(3)23(17-57-4)33(53)54)10-9-19(42)8-6-5-7-13-40-26(43)15-24(31(40)50)58-16-21(32(51)52)36-34(55)37-25(56-18-41)11-12-27(44)45/h18,20-25,35H,5-17H2,1-4H3,(H,44,45)(H,46,47)(H,51,52)(H,53,54)(H2,36,37,55)/t20-,21-,22?,23?,24?,25+/m0/s1. The van der Waals surface area contributed by atoms with Crippen LogP contribution in [0.2, 0.25) is 0 Å². The van der Waals surface area contributed by atoms with Gasteiger partial charge >= 0.3 is 29.9 Å². The van der Waals surface area contributed by atoms with E-state index in [1.165, 1.54) is 32.9 Å².